The van der Waals surface area contributed by atoms with E-state index in [4.69, 9.17) is 0 Å². The summed E-state index contributed by atoms with van der Waals surface area (Å²) < 4.78 is 41.9. The number of nitrogens with one attached hydrogen (secondary N) is 1. The molecular formula is C19H21F3N4O3. The van der Waals surface area contributed by atoms with E-state index in [1.807, 2.05) is 13.8 Å². The fourth-order valence-electron chi connectivity index (χ4n) is 2.55. The van der Waals surface area contributed by atoms with Crippen LogP contribution in [0.5, 0.6) is 5.75 Å². The van der Waals surface area contributed by atoms with Crippen molar-refractivity contribution < 1.29 is 27.5 Å². The van der Waals surface area contributed by atoms with Crippen molar-refractivity contribution in [2.24, 2.45) is 7.05 Å². The summed E-state index contributed by atoms with van der Waals surface area (Å²) in [5, 5.41) is 6.77. The highest BCUT2D eigenvalue weighted by Crippen LogP contribution is 2.23. The van der Waals surface area contributed by atoms with E-state index in [-0.39, 0.29) is 18.1 Å². The van der Waals surface area contributed by atoms with Crippen LogP contribution in [-0.4, -0.2) is 46.4 Å². The molecule has 0 atom stereocenters. The summed E-state index contributed by atoms with van der Waals surface area (Å²) in [4.78, 5) is 25.5. The van der Waals surface area contributed by atoms with Crippen LogP contribution in [0.1, 0.15) is 17.0 Å². The van der Waals surface area contributed by atoms with Gasteiger partial charge >= 0.3 is 6.36 Å². The quantitative estimate of drug-likeness (QED) is 0.743. The van der Waals surface area contributed by atoms with Gasteiger partial charge in [-0.25, -0.2) is 0 Å². The summed E-state index contributed by atoms with van der Waals surface area (Å²) >= 11 is 0. The normalized spacial score (nSPS) is 11.6. The number of alkyl halides is 3. The number of halogens is 3. The lowest BCUT2D eigenvalue weighted by molar-refractivity contribution is -0.274. The van der Waals surface area contributed by atoms with Gasteiger partial charge in [-0.3, -0.25) is 14.3 Å². The molecule has 10 heteroatoms. The van der Waals surface area contributed by atoms with Crippen LogP contribution in [0.2, 0.25) is 0 Å². The molecule has 1 aromatic heterocycles. The van der Waals surface area contributed by atoms with E-state index >= 15 is 0 Å². The summed E-state index contributed by atoms with van der Waals surface area (Å²) in [5.74, 6) is -1.27. The molecular weight excluding hydrogens is 389 g/mol. The number of aryl methyl sites for hydroxylation is 2. The number of carbonyl (C=O) groups is 2. The number of ether oxygens (including phenoxy) is 1. The number of carbonyl (C=O) groups excluding carboxylic acids is 2. The number of hydrogen-bond donors (Lipinski definition) is 1. The summed E-state index contributed by atoms with van der Waals surface area (Å²) in [7, 11) is 3.27. The van der Waals surface area contributed by atoms with E-state index < -0.39 is 18.0 Å². The van der Waals surface area contributed by atoms with E-state index in [9.17, 15) is 22.8 Å². The summed E-state index contributed by atoms with van der Waals surface area (Å²) in [6.45, 7) is 3.49. The van der Waals surface area contributed by atoms with Crippen LogP contribution >= 0.6 is 0 Å². The molecule has 1 heterocycles. The van der Waals surface area contributed by atoms with Crippen molar-refractivity contribution in [3.63, 3.8) is 0 Å². The van der Waals surface area contributed by atoms with Crippen LogP contribution in [0.3, 0.4) is 0 Å². The first kappa shape index (κ1) is 22.0. The number of aromatic nitrogens is 2. The average Bonchev–Trinajstić information content (AvgIpc) is 2.85. The van der Waals surface area contributed by atoms with Crippen LogP contribution < -0.4 is 10.1 Å². The van der Waals surface area contributed by atoms with Gasteiger partial charge in [0.2, 0.25) is 11.8 Å². The Bertz CT molecular complexity index is 918. The third kappa shape index (κ3) is 6.37. The Balaban J connectivity index is 1.91. The molecule has 0 saturated heterocycles. The fraction of sp³-hybridized carbons (Fsp3) is 0.316. The zero-order chi connectivity index (χ0) is 21.8. The molecule has 0 bridgehead atoms. The molecule has 0 spiro atoms. The number of benzene rings is 1. The maximum absolute atomic E-state index is 12.2. The largest absolute Gasteiger partial charge is 0.573 e. The first-order valence-corrected chi connectivity index (χ1v) is 8.55. The van der Waals surface area contributed by atoms with Gasteiger partial charge in [0.1, 0.15) is 5.75 Å². The van der Waals surface area contributed by atoms with Crippen molar-refractivity contribution in [2.45, 2.75) is 20.2 Å². The number of likely N-dealkylation sites (N-methyl/N-ethyl adjacent to an activating group) is 1. The maximum Gasteiger partial charge on any atom is 0.573 e. The van der Waals surface area contributed by atoms with Gasteiger partial charge in [0, 0.05) is 37.1 Å². The van der Waals surface area contributed by atoms with Crippen LogP contribution in [-0.2, 0) is 16.6 Å². The van der Waals surface area contributed by atoms with Gasteiger partial charge < -0.3 is 15.0 Å². The van der Waals surface area contributed by atoms with Gasteiger partial charge in [-0.15, -0.1) is 13.2 Å². The topological polar surface area (TPSA) is 76.5 Å². The second-order valence-electron chi connectivity index (χ2n) is 6.36. The van der Waals surface area contributed by atoms with Gasteiger partial charge in [-0.05, 0) is 44.2 Å². The first-order chi connectivity index (χ1) is 13.5. The monoisotopic (exact) mass is 410 g/mol. The van der Waals surface area contributed by atoms with Crippen LogP contribution in [0.25, 0.3) is 6.08 Å². The molecule has 1 aromatic carbocycles. The van der Waals surface area contributed by atoms with Crippen molar-refractivity contribution in [1.29, 1.82) is 0 Å². The molecule has 2 amide bonds. The number of rotatable bonds is 6. The van der Waals surface area contributed by atoms with Crippen LogP contribution in [0.4, 0.5) is 18.9 Å². The summed E-state index contributed by atoms with van der Waals surface area (Å²) in [6.07, 6.45) is -1.78. The molecule has 2 rings (SSSR count). The van der Waals surface area contributed by atoms with Crippen LogP contribution in [0.15, 0.2) is 30.3 Å². The van der Waals surface area contributed by atoms with Crippen molar-refractivity contribution in [3.8, 4) is 5.75 Å². The molecule has 0 radical (unpaired) electrons. The number of amides is 2. The molecule has 0 aliphatic rings. The molecule has 0 fully saturated rings. The molecule has 1 N–H and O–H groups in total. The first-order valence-electron chi connectivity index (χ1n) is 8.55. The minimum absolute atomic E-state index is 0.227. The van der Waals surface area contributed by atoms with Gasteiger partial charge in [-0.1, -0.05) is 0 Å². The minimum Gasteiger partial charge on any atom is -0.406 e. The Kier molecular flexibility index (Phi) is 6.68. The fourth-order valence-corrected chi connectivity index (χ4v) is 2.55. The standard InChI is InChI=1S/C19H21F3N4O3/c1-12-16(13(2)26(4)24-12)9-10-18(28)25(3)11-17(27)23-14-5-7-15(8-6-14)29-19(20,21)22/h5-10H,11H2,1-4H3,(H,23,27)/b10-9+. The third-order valence-electron chi connectivity index (χ3n) is 4.09. The molecule has 7 nitrogen and oxygen atoms in total. The second-order valence-corrected chi connectivity index (χ2v) is 6.36. The van der Waals surface area contributed by atoms with E-state index in [1.165, 1.54) is 30.2 Å². The highest BCUT2D eigenvalue weighted by Gasteiger charge is 2.30. The van der Waals surface area contributed by atoms with E-state index in [2.05, 4.69) is 15.2 Å². The molecule has 0 unspecified atom stereocenters. The van der Waals surface area contributed by atoms with Crippen molar-refractivity contribution in [1.82, 2.24) is 14.7 Å². The SMILES string of the molecule is Cc1nn(C)c(C)c1/C=C/C(=O)N(C)CC(=O)Nc1ccc(OC(F)(F)F)cc1. The third-order valence-corrected chi connectivity index (χ3v) is 4.09. The van der Waals surface area contributed by atoms with Crippen molar-refractivity contribution in [2.75, 3.05) is 18.9 Å². The molecule has 0 aliphatic heterocycles. The molecule has 156 valence electrons. The van der Waals surface area contributed by atoms with E-state index in [0.29, 0.717) is 0 Å². The molecule has 29 heavy (non-hydrogen) atoms. The number of nitrogens with zero attached hydrogens (tertiary/aromatic N) is 3. The number of anilines is 1. The average molecular weight is 410 g/mol. The highest BCUT2D eigenvalue weighted by molar-refractivity contribution is 5.98. The van der Waals surface area contributed by atoms with Crippen LogP contribution in [0, 0.1) is 13.8 Å². The van der Waals surface area contributed by atoms with Gasteiger partial charge in [-0.2, -0.15) is 5.10 Å². The zero-order valence-corrected chi connectivity index (χ0v) is 16.4. The van der Waals surface area contributed by atoms with Gasteiger partial charge in [0.05, 0.1) is 12.2 Å². The lowest BCUT2D eigenvalue weighted by Crippen LogP contribution is -2.33. The van der Waals surface area contributed by atoms with Gasteiger partial charge in [0.15, 0.2) is 0 Å². The van der Waals surface area contributed by atoms with E-state index in [0.717, 1.165) is 29.1 Å². The Labute approximate surface area is 165 Å². The Morgan fingerprint density at radius 2 is 1.86 bits per heavy atom. The van der Waals surface area contributed by atoms with Gasteiger partial charge in [0.25, 0.3) is 0 Å². The zero-order valence-electron chi connectivity index (χ0n) is 16.4. The molecule has 0 aliphatic carbocycles. The maximum atomic E-state index is 12.2. The Morgan fingerprint density at radius 3 is 2.38 bits per heavy atom. The van der Waals surface area contributed by atoms with Crippen molar-refractivity contribution in [3.05, 3.63) is 47.3 Å². The second kappa shape index (κ2) is 8.80. The Hall–Kier alpha value is -3.30. The molecule has 0 saturated carbocycles. The summed E-state index contributed by atoms with van der Waals surface area (Å²) in [5.41, 5.74) is 2.81. The number of hydrogen-bond acceptors (Lipinski definition) is 4. The van der Waals surface area contributed by atoms with E-state index in [1.54, 1.807) is 17.8 Å². The smallest absolute Gasteiger partial charge is 0.406 e. The van der Waals surface area contributed by atoms with Crippen molar-refractivity contribution >= 4 is 23.6 Å². The summed E-state index contributed by atoms with van der Waals surface area (Å²) in [6, 6.07) is 4.71. The Morgan fingerprint density at radius 1 is 1.24 bits per heavy atom. The predicted molar refractivity (Wildman–Crippen MR) is 101 cm³/mol. The lowest BCUT2D eigenvalue weighted by atomic mass is 10.2. The molecule has 2 aromatic rings. The minimum atomic E-state index is -4.78. The predicted octanol–water partition coefficient (Wildman–Crippen LogP) is 3.05. The lowest BCUT2D eigenvalue weighted by Gasteiger charge is -2.15. The highest BCUT2D eigenvalue weighted by atomic mass is 19.4.